The molecule has 142 valence electrons. The summed E-state index contributed by atoms with van der Waals surface area (Å²) in [6, 6.07) is 13.7. The number of carbonyl (C=O) groups is 3. The SMILES string of the molecule is CN1C(=O)c2ccc(C(=O)N(C3CC3)[C@@H]3CCCc4ccccc43)cc2C1=O. The predicted octanol–water partition coefficient (Wildman–Crippen LogP) is 3.59. The van der Waals surface area contributed by atoms with Crippen molar-refractivity contribution in [3.8, 4) is 0 Å². The molecule has 0 aromatic heterocycles. The Morgan fingerprint density at radius 2 is 1.75 bits per heavy atom. The lowest BCUT2D eigenvalue weighted by Crippen LogP contribution is -2.38. The summed E-state index contributed by atoms with van der Waals surface area (Å²) < 4.78 is 0. The Labute approximate surface area is 163 Å². The summed E-state index contributed by atoms with van der Waals surface area (Å²) in [6.07, 6.45) is 5.14. The molecule has 1 heterocycles. The zero-order valence-electron chi connectivity index (χ0n) is 15.9. The van der Waals surface area contributed by atoms with Gasteiger partial charge in [-0.3, -0.25) is 19.3 Å². The molecule has 2 aromatic rings. The van der Waals surface area contributed by atoms with Gasteiger partial charge in [-0.2, -0.15) is 0 Å². The highest BCUT2D eigenvalue weighted by atomic mass is 16.2. The normalized spacial score (nSPS) is 20.8. The summed E-state index contributed by atoms with van der Waals surface area (Å²) in [4.78, 5) is 41.1. The van der Waals surface area contributed by atoms with Crippen molar-refractivity contribution >= 4 is 17.7 Å². The molecule has 0 N–H and O–H groups in total. The number of hydrogen-bond donors (Lipinski definition) is 0. The zero-order chi connectivity index (χ0) is 19.4. The van der Waals surface area contributed by atoms with Crippen molar-refractivity contribution in [3.05, 3.63) is 70.3 Å². The number of rotatable bonds is 3. The van der Waals surface area contributed by atoms with Crippen LogP contribution in [0, 0.1) is 0 Å². The average Bonchev–Trinajstić information content (AvgIpc) is 3.54. The third-order valence-corrected chi connectivity index (χ3v) is 6.18. The van der Waals surface area contributed by atoms with Gasteiger partial charge in [0.2, 0.25) is 0 Å². The van der Waals surface area contributed by atoms with E-state index in [0.717, 1.165) is 37.0 Å². The van der Waals surface area contributed by atoms with Crippen molar-refractivity contribution in [1.82, 2.24) is 9.80 Å². The van der Waals surface area contributed by atoms with Crippen LogP contribution in [0.15, 0.2) is 42.5 Å². The van der Waals surface area contributed by atoms with Gasteiger partial charge in [-0.15, -0.1) is 0 Å². The molecule has 1 atom stereocenters. The first-order valence-electron chi connectivity index (χ1n) is 9.93. The van der Waals surface area contributed by atoms with Crippen LogP contribution >= 0.6 is 0 Å². The highest BCUT2D eigenvalue weighted by molar-refractivity contribution is 6.21. The second kappa shape index (κ2) is 6.30. The van der Waals surface area contributed by atoms with Crippen LogP contribution in [0.25, 0.3) is 0 Å². The Bertz CT molecular complexity index is 1010. The molecule has 5 rings (SSSR count). The second-order valence-electron chi connectivity index (χ2n) is 7.98. The maximum Gasteiger partial charge on any atom is 0.261 e. The zero-order valence-corrected chi connectivity index (χ0v) is 15.9. The van der Waals surface area contributed by atoms with Crippen LogP contribution in [-0.4, -0.2) is 40.6 Å². The van der Waals surface area contributed by atoms with Gasteiger partial charge in [-0.05, 0) is 61.4 Å². The van der Waals surface area contributed by atoms with Crippen molar-refractivity contribution < 1.29 is 14.4 Å². The minimum absolute atomic E-state index is 0.0400. The van der Waals surface area contributed by atoms with Crippen LogP contribution in [-0.2, 0) is 6.42 Å². The van der Waals surface area contributed by atoms with E-state index in [0.29, 0.717) is 16.7 Å². The molecule has 1 saturated carbocycles. The number of benzene rings is 2. The maximum atomic E-state index is 13.5. The Balaban J connectivity index is 1.52. The summed E-state index contributed by atoms with van der Waals surface area (Å²) in [7, 11) is 1.47. The summed E-state index contributed by atoms with van der Waals surface area (Å²) in [5.74, 6) is -0.684. The molecule has 0 radical (unpaired) electrons. The fourth-order valence-electron chi connectivity index (χ4n) is 4.58. The van der Waals surface area contributed by atoms with Crippen molar-refractivity contribution in [2.45, 2.75) is 44.2 Å². The standard InChI is InChI=1S/C23H22N2O3/c1-24-22(27)18-12-9-15(13-19(18)23(24)28)21(26)25(16-10-11-16)20-8-4-6-14-5-2-3-7-17(14)20/h2-3,5,7,9,12-13,16,20H,4,6,8,10-11H2,1H3/t20-/m1/s1. The Hall–Kier alpha value is -2.95. The summed E-state index contributed by atoms with van der Waals surface area (Å²) in [5.41, 5.74) is 3.78. The van der Waals surface area contributed by atoms with Gasteiger partial charge in [-0.1, -0.05) is 24.3 Å². The topological polar surface area (TPSA) is 57.7 Å². The molecule has 0 bridgehead atoms. The smallest absolute Gasteiger partial charge is 0.261 e. The summed E-state index contributed by atoms with van der Waals surface area (Å²) >= 11 is 0. The molecular weight excluding hydrogens is 352 g/mol. The Morgan fingerprint density at radius 3 is 2.54 bits per heavy atom. The molecule has 5 nitrogen and oxygen atoms in total. The minimum atomic E-state index is -0.337. The number of hydrogen-bond acceptors (Lipinski definition) is 3. The van der Waals surface area contributed by atoms with Gasteiger partial charge in [0.05, 0.1) is 17.2 Å². The molecule has 5 heteroatoms. The molecule has 0 saturated heterocycles. The largest absolute Gasteiger partial charge is 0.329 e. The van der Waals surface area contributed by atoms with Crippen molar-refractivity contribution in [2.24, 2.45) is 0 Å². The molecule has 2 aromatic carbocycles. The third-order valence-electron chi connectivity index (χ3n) is 6.18. The lowest BCUT2D eigenvalue weighted by molar-refractivity contribution is 0.0637. The van der Waals surface area contributed by atoms with Crippen molar-refractivity contribution in [2.75, 3.05) is 7.05 Å². The van der Waals surface area contributed by atoms with Crippen LogP contribution in [0.1, 0.15) is 73.9 Å². The third kappa shape index (κ3) is 2.57. The van der Waals surface area contributed by atoms with Gasteiger partial charge >= 0.3 is 0 Å². The van der Waals surface area contributed by atoms with Gasteiger partial charge in [0.25, 0.3) is 17.7 Å². The van der Waals surface area contributed by atoms with E-state index < -0.39 is 0 Å². The lowest BCUT2D eigenvalue weighted by Gasteiger charge is -2.36. The first-order chi connectivity index (χ1) is 13.6. The molecule has 3 amide bonds. The Kier molecular flexibility index (Phi) is 3.86. The van der Waals surface area contributed by atoms with Gasteiger partial charge in [-0.25, -0.2) is 0 Å². The van der Waals surface area contributed by atoms with E-state index in [1.807, 2.05) is 11.0 Å². The molecule has 28 heavy (non-hydrogen) atoms. The van der Waals surface area contributed by atoms with E-state index in [1.165, 1.54) is 18.2 Å². The highest BCUT2D eigenvalue weighted by Crippen LogP contribution is 2.41. The molecular formula is C23H22N2O3. The fraction of sp³-hybridized carbons (Fsp3) is 0.348. The quantitative estimate of drug-likeness (QED) is 0.772. The first kappa shape index (κ1) is 17.2. The number of nitrogens with zero attached hydrogens (tertiary/aromatic N) is 2. The minimum Gasteiger partial charge on any atom is -0.329 e. The van der Waals surface area contributed by atoms with Crippen LogP contribution < -0.4 is 0 Å². The van der Waals surface area contributed by atoms with Crippen molar-refractivity contribution in [1.29, 1.82) is 0 Å². The molecule has 0 spiro atoms. The van der Waals surface area contributed by atoms with Gasteiger partial charge in [0.15, 0.2) is 0 Å². The van der Waals surface area contributed by atoms with E-state index in [-0.39, 0.29) is 29.8 Å². The van der Waals surface area contributed by atoms with E-state index >= 15 is 0 Å². The number of amides is 3. The molecule has 0 unspecified atom stereocenters. The summed E-state index contributed by atoms with van der Waals surface area (Å²) in [5, 5.41) is 0. The monoisotopic (exact) mass is 374 g/mol. The predicted molar refractivity (Wildman–Crippen MR) is 104 cm³/mol. The van der Waals surface area contributed by atoms with E-state index in [1.54, 1.807) is 18.2 Å². The second-order valence-corrected chi connectivity index (χ2v) is 7.98. The number of carbonyl (C=O) groups excluding carboxylic acids is 3. The highest BCUT2D eigenvalue weighted by Gasteiger charge is 2.40. The van der Waals surface area contributed by atoms with Crippen molar-refractivity contribution in [3.63, 3.8) is 0 Å². The number of fused-ring (bicyclic) bond motifs is 2. The average molecular weight is 374 g/mol. The summed E-state index contributed by atoms with van der Waals surface area (Å²) in [6.45, 7) is 0. The number of aryl methyl sites for hydroxylation is 1. The molecule has 1 fully saturated rings. The molecule has 3 aliphatic rings. The van der Waals surface area contributed by atoms with Gasteiger partial charge in [0, 0.05) is 18.7 Å². The number of imide groups is 1. The maximum absolute atomic E-state index is 13.5. The van der Waals surface area contributed by atoms with Crippen LogP contribution in [0.4, 0.5) is 0 Å². The first-order valence-corrected chi connectivity index (χ1v) is 9.93. The Morgan fingerprint density at radius 1 is 1.00 bits per heavy atom. The van der Waals surface area contributed by atoms with Gasteiger partial charge < -0.3 is 4.90 Å². The van der Waals surface area contributed by atoms with E-state index in [4.69, 9.17) is 0 Å². The van der Waals surface area contributed by atoms with Crippen LogP contribution in [0.5, 0.6) is 0 Å². The lowest BCUT2D eigenvalue weighted by atomic mass is 9.86. The van der Waals surface area contributed by atoms with Crippen LogP contribution in [0.2, 0.25) is 0 Å². The molecule has 2 aliphatic carbocycles. The van der Waals surface area contributed by atoms with Crippen LogP contribution in [0.3, 0.4) is 0 Å². The molecule has 1 aliphatic heterocycles. The van der Waals surface area contributed by atoms with Gasteiger partial charge in [0.1, 0.15) is 0 Å². The van der Waals surface area contributed by atoms with E-state index in [2.05, 4.69) is 18.2 Å². The van der Waals surface area contributed by atoms with E-state index in [9.17, 15) is 14.4 Å². The fourth-order valence-corrected chi connectivity index (χ4v) is 4.58.